The Balaban J connectivity index is 1.16. The maximum atomic E-state index is 2.73. The molecule has 5 aliphatic rings. The van der Waals surface area contributed by atoms with Crippen LogP contribution in [0.15, 0.2) is 158 Å². The van der Waals surface area contributed by atoms with Crippen LogP contribution in [-0.4, -0.2) is 6.71 Å². The average molecular weight is 938 g/mol. The third-order valence-corrected chi connectivity index (χ3v) is 18.2. The van der Waals surface area contributed by atoms with Gasteiger partial charge in [0.2, 0.25) is 0 Å². The maximum Gasteiger partial charge on any atom is 0.252 e. The summed E-state index contributed by atoms with van der Waals surface area (Å²) in [6, 6.07) is 61.0. The van der Waals surface area contributed by atoms with Gasteiger partial charge in [-0.3, -0.25) is 0 Å². The van der Waals surface area contributed by atoms with Crippen LogP contribution >= 0.6 is 0 Å². The van der Waals surface area contributed by atoms with Crippen LogP contribution in [0.1, 0.15) is 133 Å². The van der Waals surface area contributed by atoms with Gasteiger partial charge >= 0.3 is 0 Å². The number of aryl methyl sites for hydroxylation is 2. The molecule has 4 heteroatoms. The summed E-state index contributed by atoms with van der Waals surface area (Å²) in [5.74, 6) is 0. The van der Waals surface area contributed by atoms with Crippen molar-refractivity contribution in [3.8, 4) is 11.1 Å². The summed E-state index contributed by atoms with van der Waals surface area (Å²) in [4.78, 5) is 7.84. The van der Waals surface area contributed by atoms with Crippen molar-refractivity contribution in [3.63, 3.8) is 0 Å². The smallest absolute Gasteiger partial charge is 0.252 e. The molecule has 13 rings (SSSR count). The van der Waals surface area contributed by atoms with Gasteiger partial charge in [-0.15, -0.1) is 0 Å². The molecule has 0 fully saturated rings. The van der Waals surface area contributed by atoms with Gasteiger partial charge in [0.25, 0.3) is 6.71 Å². The Hall–Kier alpha value is -6.78. The van der Waals surface area contributed by atoms with Gasteiger partial charge in [-0.25, -0.2) is 0 Å². The van der Waals surface area contributed by atoms with E-state index < -0.39 is 0 Å². The Morgan fingerprint density at radius 3 is 1.58 bits per heavy atom. The zero-order valence-corrected chi connectivity index (χ0v) is 44.6. The van der Waals surface area contributed by atoms with Crippen molar-refractivity contribution in [3.05, 3.63) is 202 Å². The minimum Gasteiger partial charge on any atom is -0.311 e. The molecule has 0 aromatic heterocycles. The van der Waals surface area contributed by atoms with Crippen molar-refractivity contribution in [2.45, 2.75) is 129 Å². The summed E-state index contributed by atoms with van der Waals surface area (Å²) >= 11 is 0. The highest BCUT2D eigenvalue weighted by atomic mass is 15.2. The lowest BCUT2D eigenvalue weighted by Crippen LogP contribution is -2.62. The topological polar surface area (TPSA) is 9.72 Å². The van der Waals surface area contributed by atoms with Crippen LogP contribution in [0.4, 0.5) is 51.2 Å². The van der Waals surface area contributed by atoms with Crippen molar-refractivity contribution in [2.75, 3.05) is 14.7 Å². The van der Waals surface area contributed by atoms with E-state index in [4.69, 9.17) is 0 Å². The van der Waals surface area contributed by atoms with E-state index in [9.17, 15) is 0 Å². The molecule has 0 spiro atoms. The van der Waals surface area contributed by atoms with E-state index in [0.29, 0.717) is 0 Å². The van der Waals surface area contributed by atoms with Gasteiger partial charge in [0.05, 0.1) is 5.69 Å². The largest absolute Gasteiger partial charge is 0.311 e. The quantitative estimate of drug-likeness (QED) is 0.159. The maximum absolute atomic E-state index is 2.73. The van der Waals surface area contributed by atoms with Gasteiger partial charge in [-0.1, -0.05) is 160 Å². The van der Waals surface area contributed by atoms with Crippen molar-refractivity contribution < 1.29 is 0 Å². The van der Waals surface area contributed by atoms with E-state index in [-0.39, 0.29) is 33.8 Å². The highest BCUT2D eigenvalue weighted by Crippen LogP contribution is 2.58. The van der Waals surface area contributed by atoms with Crippen molar-refractivity contribution >= 4 is 74.3 Å². The first kappa shape index (κ1) is 45.1. The van der Waals surface area contributed by atoms with Gasteiger partial charge in [-0.05, 0) is 188 Å². The summed E-state index contributed by atoms with van der Waals surface area (Å²) < 4.78 is 0. The highest BCUT2D eigenvalue weighted by molar-refractivity contribution is 7.00. The zero-order chi connectivity index (χ0) is 50.0. The standard InChI is InChI=1S/C68H68BN3/c1-42-34-60-63-61(35-42)72(57-39-53-50(36-43(57)2)66(7,8)41-67(53,9)10)59-40-52-51(64(3,4)32-33-65(52,5)6)38-55(59)69(63)54-31-30-46(70(44-22-15-13-16-23-44)45-24-17-14-18-25-45)37-58(54)71(60)56-29-21-28-49-62(56)47-26-19-20-27-48(47)68(49,11)12/h13-31,34-40H,32-33,41H2,1-12H3. The van der Waals surface area contributed by atoms with Gasteiger partial charge in [0, 0.05) is 56.5 Å². The molecule has 2 heterocycles. The first-order valence-corrected chi connectivity index (χ1v) is 26.6. The van der Waals surface area contributed by atoms with Crippen LogP contribution in [0.5, 0.6) is 0 Å². The van der Waals surface area contributed by atoms with Gasteiger partial charge in [0.15, 0.2) is 0 Å². The van der Waals surface area contributed by atoms with Crippen molar-refractivity contribution in [1.29, 1.82) is 0 Å². The van der Waals surface area contributed by atoms with Gasteiger partial charge in [0.1, 0.15) is 0 Å². The lowest BCUT2D eigenvalue weighted by atomic mass is 9.33. The van der Waals surface area contributed by atoms with Gasteiger partial charge < -0.3 is 14.7 Å². The van der Waals surface area contributed by atoms with Crippen molar-refractivity contribution in [1.82, 2.24) is 0 Å². The molecule has 2 aliphatic heterocycles. The summed E-state index contributed by atoms with van der Waals surface area (Å²) in [7, 11) is 0. The number of anilines is 9. The Kier molecular flexibility index (Phi) is 9.49. The van der Waals surface area contributed by atoms with E-state index in [1.165, 1.54) is 106 Å². The molecule has 8 aromatic rings. The molecule has 0 N–H and O–H groups in total. The first-order valence-electron chi connectivity index (χ1n) is 26.6. The fourth-order valence-corrected chi connectivity index (χ4v) is 14.7. The molecule has 3 nitrogen and oxygen atoms in total. The zero-order valence-electron chi connectivity index (χ0n) is 44.6. The minimum absolute atomic E-state index is 0.0132. The van der Waals surface area contributed by atoms with Crippen molar-refractivity contribution in [2.24, 2.45) is 0 Å². The molecule has 3 aliphatic carbocycles. The van der Waals surface area contributed by atoms with Crippen LogP contribution in [0.2, 0.25) is 0 Å². The second-order valence-electron chi connectivity index (χ2n) is 25.3. The summed E-state index contributed by atoms with van der Waals surface area (Å²) in [6.45, 7) is 29.3. The fourth-order valence-electron chi connectivity index (χ4n) is 14.7. The Morgan fingerprint density at radius 1 is 0.403 bits per heavy atom. The van der Waals surface area contributed by atoms with Crippen LogP contribution in [-0.2, 0) is 27.1 Å². The average Bonchev–Trinajstić information content (AvgIpc) is 3.69. The molecule has 0 amide bonds. The Bertz CT molecular complexity index is 3540. The predicted molar refractivity (Wildman–Crippen MR) is 308 cm³/mol. The number of fused-ring (bicyclic) bond motifs is 9. The molecule has 0 saturated heterocycles. The number of hydrogen-bond acceptors (Lipinski definition) is 3. The molecule has 72 heavy (non-hydrogen) atoms. The normalized spacial score (nSPS) is 18.3. The number of rotatable bonds is 5. The van der Waals surface area contributed by atoms with Crippen LogP contribution in [0.25, 0.3) is 11.1 Å². The summed E-state index contributed by atoms with van der Waals surface area (Å²) in [5.41, 5.74) is 29.2. The molecule has 0 unspecified atom stereocenters. The molecule has 0 saturated carbocycles. The number of benzene rings is 8. The van der Waals surface area contributed by atoms with E-state index in [0.717, 1.165) is 36.3 Å². The summed E-state index contributed by atoms with van der Waals surface area (Å²) in [5, 5.41) is 0. The highest BCUT2D eigenvalue weighted by Gasteiger charge is 2.49. The number of para-hydroxylation sites is 2. The minimum atomic E-state index is -0.156. The molecule has 8 aromatic carbocycles. The second-order valence-corrected chi connectivity index (χ2v) is 25.3. The van der Waals surface area contributed by atoms with Gasteiger partial charge in [-0.2, -0.15) is 0 Å². The summed E-state index contributed by atoms with van der Waals surface area (Å²) in [6.07, 6.45) is 3.46. The SMILES string of the molecule is Cc1cc2c3c(c1)N(c1cccc4c1-c1ccccc1C4(C)C)c1cc(N(c4ccccc4)c4ccccc4)ccc1B3c1cc3c(cc1N2c1cc2c(cc1C)C(C)(C)CC2(C)C)C(C)(C)CCC3(C)C. The Morgan fingerprint density at radius 2 is 0.931 bits per heavy atom. The number of nitrogens with zero attached hydrogens (tertiary/aromatic N) is 3. The number of hydrogen-bond donors (Lipinski definition) is 0. The molecule has 0 radical (unpaired) electrons. The Labute approximate surface area is 429 Å². The van der Waals surface area contributed by atoms with E-state index >= 15 is 0 Å². The third-order valence-electron chi connectivity index (χ3n) is 18.2. The van der Waals surface area contributed by atoms with Crippen LogP contribution in [0, 0.1) is 13.8 Å². The predicted octanol–water partition coefficient (Wildman–Crippen LogP) is 16.5. The lowest BCUT2D eigenvalue weighted by Gasteiger charge is -2.48. The van der Waals surface area contributed by atoms with E-state index in [1.807, 2.05) is 0 Å². The molecule has 0 atom stereocenters. The second kappa shape index (κ2) is 15.1. The molecule has 0 bridgehead atoms. The lowest BCUT2D eigenvalue weighted by molar-refractivity contribution is 0.332. The molecule has 358 valence electrons. The van der Waals surface area contributed by atoms with E-state index in [1.54, 1.807) is 0 Å². The molecular formula is C68H68BN3. The first-order chi connectivity index (χ1) is 34.3. The van der Waals surface area contributed by atoms with Crippen LogP contribution < -0.4 is 31.1 Å². The monoisotopic (exact) mass is 938 g/mol. The molecular weight excluding hydrogens is 870 g/mol. The van der Waals surface area contributed by atoms with E-state index in [2.05, 4.69) is 256 Å². The fraction of sp³-hybridized carbons (Fsp3) is 0.294. The van der Waals surface area contributed by atoms with Crippen LogP contribution in [0.3, 0.4) is 0 Å². The third kappa shape index (κ3) is 6.36.